The maximum Gasteiger partial charge on any atom is 0.393 e. The summed E-state index contributed by atoms with van der Waals surface area (Å²) in [6, 6.07) is 2.49. The second-order valence-electron chi connectivity index (χ2n) is 5.34. The van der Waals surface area contributed by atoms with Crippen LogP contribution in [0.15, 0.2) is 17.5 Å². The summed E-state index contributed by atoms with van der Waals surface area (Å²) in [4.78, 5) is 25.8. The summed E-state index contributed by atoms with van der Waals surface area (Å²) in [7, 11) is 0. The van der Waals surface area contributed by atoms with E-state index in [0.29, 0.717) is 17.8 Å². The van der Waals surface area contributed by atoms with Crippen molar-refractivity contribution in [1.82, 2.24) is 10.2 Å². The molecule has 2 rings (SSSR count). The molecule has 0 spiro atoms. The zero-order valence-corrected chi connectivity index (χ0v) is 12.8. The molecule has 122 valence electrons. The lowest BCUT2D eigenvalue weighted by Gasteiger charge is -2.35. The van der Waals surface area contributed by atoms with Crippen LogP contribution in [0.5, 0.6) is 0 Å². The molecular formula is C14H17F3N2O2S. The second-order valence-corrected chi connectivity index (χ2v) is 6.29. The Bertz CT molecular complexity index is 531. The molecule has 1 fully saturated rings. The van der Waals surface area contributed by atoms with Gasteiger partial charge in [-0.1, -0.05) is 6.07 Å². The Morgan fingerprint density at radius 1 is 1.45 bits per heavy atom. The van der Waals surface area contributed by atoms with Crippen molar-refractivity contribution in [3.63, 3.8) is 0 Å². The molecule has 1 aliphatic heterocycles. The van der Waals surface area contributed by atoms with Gasteiger partial charge < -0.3 is 10.2 Å². The van der Waals surface area contributed by atoms with Crippen LogP contribution in [0, 0.1) is 5.92 Å². The van der Waals surface area contributed by atoms with Crippen molar-refractivity contribution in [2.24, 2.45) is 5.92 Å². The monoisotopic (exact) mass is 334 g/mol. The van der Waals surface area contributed by atoms with Gasteiger partial charge in [-0.25, -0.2) is 0 Å². The molecule has 0 bridgehead atoms. The molecule has 1 aromatic heterocycles. The minimum absolute atomic E-state index is 0.0449. The van der Waals surface area contributed by atoms with Crippen LogP contribution in [-0.2, 0) is 4.79 Å². The summed E-state index contributed by atoms with van der Waals surface area (Å²) < 4.78 is 38.3. The highest BCUT2D eigenvalue weighted by atomic mass is 32.1. The minimum Gasteiger partial charge on any atom is -0.340 e. The highest BCUT2D eigenvalue weighted by Gasteiger charge is 2.43. The van der Waals surface area contributed by atoms with E-state index in [1.807, 2.05) is 0 Å². The average Bonchev–Trinajstić information content (AvgIpc) is 3.00. The number of piperidine rings is 1. The Hall–Kier alpha value is -1.57. The van der Waals surface area contributed by atoms with Crippen LogP contribution in [0.4, 0.5) is 13.2 Å². The lowest BCUT2D eigenvalue weighted by Crippen LogP contribution is -2.51. The summed E-state index contributed by atoms with van der Waals surface area (Å²) in [6.07, 6.45) is -3.92. The average molecular weight is 334 g/mol. The predicted octanol–water partition coefficient (Wildman–Crippen LogP) is 2.67. The molecule has 1 aliphatic rings. The molecule has 0 saturated carbocycles. The third kappa shape index (κ3) is 4.00. The fourth-order valence-electron chi connectivity index (χ4n) is 2.46. The van der Waals surface area contributed by atoms with Gasteiger partial charge >= 0.3 is 6.18 Å². The van der Waals surface area contributed by atoms with E-state index in [9.17, 15) is 22.8 Å². The van der Waals surface area contributed by atoms with Crippen LogP contribution in [0.3, 0.4) is 0 Å². The number of rotatable bonds is 3. The third-order valence-electron chi connectivity index (χ3n) is 3.66. The Balaban J connectivity index is 1.94. The van der Waals surface area contributed by atoms with Crippen LogP contribution in [0.25, 0.3) is 0 Å². The zero-order valence-electron chi connectivity index (χ0n) is 12.0. The molecule has 0 radical (unpaired) electrons. The van der Waals surface area contributed by atoms with Crippen molar-refractivity contribution in [2.75, 3.05) is 13.1 Å². The Morgan fingerprint density at radius 2 is 2.18 bits per heavy atom. The van der Waals surface area contributed by atoms with Crippen molar-refractivity contribution in [2.45, 2.75) is 32.0 Å². The smallest absolute Gasteiger partial charge is 0.340 e. The van der Waals surface area contributed by atoms with E-state index < -0.39 is 24.0 Å². The van der Waals surface area contributed by atoms with Crippen molar-refractivity contribution in [1.29, 1.82) is 0 Å². The molecule has 0 aromatic carbocycles. The number of nitrogens with one attached hydrogen (secondary N) is 1. The Morgan fingerprint density at radius 3 is 2.77 bits per heavy atom. The van der Waals surface area contributed by atoms with Gasteiger partial charge in [-0.15, -0.1) is 11.3 Å². The number of halogens is 3. The van der Waals surface area contributed by atoms with Gasteiger partial charge in [0.2, 0.25) is 5.91 Å². The van der Waals surface area contributed by atoms with Gasteiger partial charge in [0.25, 0.3) is 5.91 Å². The van der Waals surface area contributed by atoms with Crippen LogP contribution >= 0.6 is 11.3 Å². The van der Waals surface area contributed by atoms with Gasteiger partial charge in [-0.05, 0) is 31.2 Å². The number of carbonyl (C=O) groups excluding carboxylic acids is 2. The lowest BCUT2D eigenvalue weighted by molar-refractivity contribution is -0.188. The molecular weight excluding hydrogens is 317 g/mol. The number of hydrogen-bond donors (Lipinski definition) is 1. The molecule has 1 N–H and O–H groups in total. The highest BCUT2D eigenvalue weighted by molar-refractivity contribution is 7.12. The molecule has 4 nitrogen and oxygen atoms in total. The minimum atomic E-state index is -4.29. The number of nitrogens with zero attached hydrogens (tertiary/aromatic N) is 1. The van der Waals surface area contributed by atoms with E-state index in [-0.39, 0.29) is 18.9 Å². The molecule has 2 atom stereocenters. The normalized spacial score (nSPS) is 20.5. The number of alkyl halides is 3. The van der Waals surface area contributed by atoms with Crippen LogP contribution in [-0.4, -0.2) is 42.0 Å². The maximum atomic E-state index is 12.8. The number of hydrogen-bond acceptors (Lipinski definition) is 3. The summed E-state index contributed by atoms with van der Waals surface area (Å²) in [6.45, 7) is 1.46. The van der Waals surface area contributed by atoms with Crippen LogP contribution in [0.2, 0.25) is 0 Å². The first kappa shape index (κ1) is 16.8. The van der Waals surface area contributed by atoms with Gasteiger partial charge in [-0.2, -0.15) is 13.2 Å². The fraction of sp³-hybridized carbons (Fsp3) is 0.571. The fourth-order valence-corrected chi connectivity index (χ4v) is 3.08. The van der Waals surface area contributed by atoms with E-state index in [2.05, 4.69) is 5.32 Å². The van der Waals surface area contributed by atoms with Gasteiger partial charge in [0.05, 0.1) is 10.8 Å². The topological polar surface area (TPSA) is 49.4 Å². The molecule has 2 heterocycles. The largest absolute Gasteiger partial charge is 0.393 e. The summed E-state index contributed by atoms with van der Waals surface area (Å²) in [5.41, 5.74) is 0. The van der Waals surface area contributed by atoms with Gasteiger partial charge in [-0.3, -0.25) is 9.59 Å². The van der Waals surface area contributed by atoms with Crippen molar-refractivity contribution in [3.8, 4) is 0 Å². The summed E-state index contributed by atoms with van der Waals surface area (Å²) in [5, 5.41) is 4.27. The maximum absolute atomic E-state index is 12.8. The summed E-state index contributed by atoms with van der Waals surface area (Å²) in [5.74, 6) is -2.34. The van der Waals surface area contributed by atoms with Crippen LogP contribution < -0.4 is 5.32 Å². The Kier molecular flexibility index (Phi) is 5.10. The zero-order chi connectivity index (χ0) is 16.3. The van der Waals surface area contributed by atoms with E-state index in [1.165, 1.54) is 23.2 Å². The number of likely N-dealkylation sites (tertiary alicyclic amines) is 1. The van der Waals surface area contributed by atoms with Gasteiger partial charge in [0, 0.05) is 13.1 Å². The SMILES string of the molecule is C[C@@H](NC(=O)c1cccs1)C(=O)N1CCC[C@@H](C(F)(F)F)C1. The first-order valence-electron chi connectivity index (χ1n) is 6.99. The number of thiophene rings is 1. The number of carbonyl (C=O) groups is 2. The molecule has 22 heavy (non-hydrogen) atoms. The van der Waals surface area contributed by atoms with E-state index in [4.69, 9.17) is 0 Å². The molecule has 8 heteroatoms. The molecule has 0 aliphatic carbocycles. The first-order valence-corrected chi connectivity index (χ1v) is 7.87. The van der Waals surface area contributed by atoms with Crippen LogP contribution in [0.1, 0.15) is 29.4 Å². The van der Waals surface area contributed by atoms with E-state index in [0.717, 1.165) is 0 Å². The van der Waals surface area contributed by atoms with Gasteiger partial charge in [0.1, 0.15) is 6.04 Å². The molecule has 0 unspecified atom stereocenters. The predicted molar refractivity (Wildman–Crippen MR) is 76.6 cm³/mol. The highest BCUT2D eigenvalue weighted by Crippen LogP contribution is 2.33. The molecule has 1 aromatic rings. The summed E-state index contributed by atoms with van der Waals surface area (Å²) >= 11 is 1.24. The lowest BCUT2D eigenvalue weighted by atomic mass is 9.97. The van der Waals surface area contributed by atoms with E-state index >= 15 is 0 Å². The van der Waals surface area contributed by atoms with Crippen molar-refractivity contribution in [3.05, 3.63) is 22.4 Å². The second kappa shape index (κ2) is 6.68. The van der Waals surface area contributed by atoms with Crippen molar-refractivity contribution < 1.29 is 22.8 Å². The van der Waals surface area contributed by atoms with E-state index in [1.54, 1.807) is 17.5 Å². The molecule has 2 amide bonds. The third-order valence-corrected chi connectivity index (χ3v) is 4.53. The molecule has 1 saturated heterocycles. The Labute approximate surface area is 130 Å². The van der Waals surface area contributed by atoms with Crippen molar-refractivity contribution >= 4 is 23.2 Å². The first-order chi connectivity index (χ1) is 10.3. The number of amides is 2. The van der Waals surface area contributed by atoms with Gasteiger partial charge in [0.15, 0.2) is 0 Å². The standard InChI is InChI=1S/C14H17F3N2O2S/c1-9(18-12(20)11-5-3-7-22-11)13(21)19-6-2-4-10(8-19)14(15,16)17/h3,5,7,9-10H,2,4,6,8H2,1H3,(H,18,20)/t9-,10-/m1/s1. The quantitative estimate of drug-likeness (QED) is 0.924.